The molecule has 0 aliphatic rings. The van der Waals surface area contributed by atoms with Crippen molar-refractivity contribution in [2.45, 2.75) is 26.9 Å². The Morgan fingerprint density at radius 1 is 0.917 bits per heavy atom. The van der Waals surface area contributed by atoms with Gasteiger partial charge in [-0.15, -0.1) is 0 Å². The molecule has 0 amide bonds. The van der Waals surface area contributed by atoms with Crippen molar-refractivity contribution in [1.29, 1.82) is 0 Å². The quantitative estimate of drug-likeness (QED) is 0.691. The molecule has 0 radical (unpaired) electrons. The SMILES string of the molecule is CC.Cc1ccc(OCCNCC(O)COc2ccccc2)cc1. The van der Waals surface area contributed by atoms with Gasteiger partial charge in [-0.3, -0.25) is 0 Å². The third-order valence-corrected chi connectivity index (χ3v) is 3.13. The molecule has 2 rings (SSSR count). The van der Waals surface area contributed by atoms with E-state index in [1.54, 1.807) is 0 Å². The van der Waals surface area contributed by atoms with Crippen LogP contribution in [0.1, 0.15) is 19.4 Å². The lowest BCUT2D eigenvalue weighted by Gasteiger charge is -2.13. The Morgan fingerprint density at radius 2 is 1.54 bits per heavy atom. The van der Waals surface area contributed by atoms with Crippen molar-refractivity contribution in [1.82, 2.24) is 5.32 Å². The van der Waals surface area contributed by atoms with Gasteiger partial charge in [-0.25, -0.2) is 0 Å². The first-order chi connectivity index (χ1) is 11.7. The number of hydrogen-bond donors (Lipinski definition) is 2. The molecule has 24 heavy (non-hydrogen) atoms. The average molecular weight is 331 g/mol. The van der Waals surface area contributed by atoms with E-state index in [1.807, 2.05) is 75.4 Å². The number of nitrogens with one attached hydrogen (secondary N) is 1. The summed E-state index contributed by atoms with van der Waals surface area (Å²) in [7, 11) is 0. The monoisotopic (exact) mass is 331 g/mol. The van der Waals surface area contributed by atoms with Crippen LogP contribution in [0.25, 0.3) is 0 Å². The molecule has 0 aliphatic carbocycles. The van der Waals surface area contributed by atoms with Crippen LogP contribution in [0.4, 0.5) is 0 Å². The van der Waals surface area contributed by atoms with E-state index < -0.39 is 6.10 Å². The van der Waals surface area contributed by atoms with Crippen LogP contribution >= 0.6 is 0 Å². The molecule has 0 saturated heterocycles. The number of aliphatic hydroxyl groups excluding tert-OH is 1. The number of ether oxygens (including phenoxy) is 2. The summed E-state index contributed by atoms with van der Waals surface area (Å²) in [4.78, 5) is 0. The van der Waals surface area contributed by atoms with Gasteiger partial charge < -0.3 is 19.9 Å². The molecule has 1 unspecified atom stereocenters. The number of aryl methyl sites for hydroxylation is 1. The van der Waals surface area contributed by atoms with Crippen molar-refractivity contribution in [3.63, 3.8) is 0 Å². The summed E-state index contributed by atoms with van der Waals surface area (Å²) < 4.78 is 11.1. The number of benzene rings is 2. The fraction of sp³-hybridized carbons (Fsp3) is 0.400. The molecule has 0 heterocycles. The van der Waals surface area contributed by atoms with Gasteiger partial charge in [-0.1, -0.05) is 49.7 Å². The Labute approximate surface area is 145 Å². The number of aliphatic hydroxyl groups is 1. The van der Waals surface area contributed by atoms with Crippen LogP contribution in [0.15, 0.2) is 54.6 Å². The zero-order chi connectivity index (χ0) is 17.6. The second-order valence-corrected chi connectivity index (χ2v) is 5.14. The molecular formula is C20H29NO3. The molecule has 2 aromatic rings. The molecule has 4 heteroatoms. The van der Waals surface area contributed by atoms with E-state index in [1.165, 1.54) is 5.56 Å². The summed E-state index contributed by atoms with van der Waals surface area (Å²) in [5.74, 6) is 1.63. The van der Waals surface area contributed by atoms with Crippen LogP contribution in [-0.4, -0.2) is 37.5 Å². The second kappa shape index (κ2) is 12.4. The van der Waals surface area contributed by atoms with Gasteiger partial charge in [-0.05, 0) is 31.2 Å². The Kier molecular flexibility index (Phi) is 10.3. The molecule has 0 saturated carbocycles. The van der Waals surface area contributed by atoms with Gasteiger partial charge in [0.05, 0.1) is 0 Å². The summed E-state index contributed by atoms with van der Waals surface area (Å²) in [5, 5.41) is 13.0. The molecule has 0 spiro atoms. The number of rotatable bonds is 9. The van der Waals surface area contributed by atoms with Gasteiger partial charge in [0.1, 0.15) is 30.8 Å². The first-order valence-corrected chi connectivity index (χ1v) is 8.50. The first-order valence-electron chi connectivity index (χ1n) is 8.50. The maximum atomic E-state index is 9.83. The molecule has 1 atom stereocenters. The van der Waals surface area contributed by atoms with E-state index >= 15 is 0 Å². The molecule has 0 aromatic heterocycles. The lowest BCUT2D eigenvalue weighted by Crippen LogP contribution is -2.33. The van der Waals surface area contributed by atoms with Gasteiger partial charge >= 0.3 is 0 Å². The minimum Gasteiger partial charge on any atom is -0.492 e. The molecule has 0 aliphatic heterocycles. The van der Waals surface area contributed by atoms with Crippen LogP contribution in [0.5, 0.6) is 11.5 Å². The van der Waals surface area contributed by atoms with Crippen molar-refractivity contribution >= 4 is 0 Å². The smallest absolute Gasteiger partial charge is 0.119 e. The standard InChI is InChI=1S/C18H23NO3.C2H6/c1-15-7-9-18(10-8-15)21-12-11-19-13-16(20)14-22-17-5-3-2-4-6-17;1-2/h2-10,16,19-20H,11-14H2,1H3;1-2H3. The summed E-state index contributed by atoms with van der Waals surface area (Å²) >= 11 is 0. The van der Waals surface area contributed by atoms with Crippen molar-refractivity contribution in [2.75, 3.05) is 26.3 Å². The molecule has 132 valence electrons. The summed E-state index contributed by atoms with van der Waals surface area (Å²) in [5.41, 5.74) is 1.21. The van der Waals surface area contributed by atoms with Crippen LogP contribution in [0, 0.1) is 6.92 Å². The molecule has 0 bridgehead atoms. The van der Waals surface area contributed by atoms with Gasteiger partial charge in [0.25, 0.3) is 0 Å². The summed E-state index contributed by atoms with van der Waals surface area (Å²) in [6.45, 7) is 8.04. The van der Waals surface area contributed by atoms with Crippen LogP contribution in [-0.2, 0) is 0 Å². The molecule has 2 N–H and O–H groups in total. The van der Waals surface area contributed by atoms with E-state index in [0.29, 0.717) is 19.7 Å². The Hall–Kier alpha value is -2.04. The second-order valence-electron chi connectivity index (χ2n) is 5.14. The third kappa shape index (κ3) is 8.56. The van der Waals surface area contributed by atoms with E-state index in [4.69, 9.17) is 9.47 Å². The van der Waals surface area contributed by atoms with E-state index in [0.717, 1.165) is 11.5 Å². The normalized spacial score (nSPS) is 11.2. The highest BCUT2D eigenvalue weighted by Gasteiger charge is 2.04. The predicted octanol–water partition coefficient (Wildman–Crippen LogP) is 3.43. The van der Waals surface area contributed by atoms with Crippen molar-refractivity contribution in [2.24, 2.45) is 0 Å². The summed E-state index contributed by atoms with van der Waals surface area (Å²) in [6, 6.07) is 17.4. The maximum Gasteiger partial charge on any atom is 0.119 e. The lowest BCUT2D eigenvalue weighted by atomic mass is 10.2. The molecular weight excluding hydrogens is 302 g/mol. The topological polar surface area (TPSA) is 50.7 Å². The van der Waals surface area contributed by atoms with E-state index in [-0.39, 0.29) is 6.61 Å². The Bertz CT molecular complexity index is 528. The maximum absolute atomic E-state index is 9.83. The fourth-order valence-corrected chi connectivity index (χ4v) is 1.91. The highest BCUT2D eigenvalue weighted by molar-refractivity contribution is 5.26. The average Bonchev–Trinajstić information content (AvgIpc) is 2.64. The van der Waals surface area contributed by atoms with Crippen LogP contribution < -0.4 is 14.8 Å². The Balaban J connectivity index is 0.00000139. The molecule has 4 nitrogen and oxygen atoms in total. The van der Waals surface area contributed by atoms with E-state index in [2.05, 4.69) is 5.32 Å². The van der Waals surface area contributed by atoms with Crippen molar-refractivity contribution < 1.29 is 14.6 Å². The van der Waals surface area contributed by atoms with E-state index in [9.17, 15) is 5.11 Å². The Morgan fingerprint density at radius 3 is 2.21 bits per heavy atom. The highest BCUT2D eigenvalue weighted by atomic mass is 16.5. The molecule has 2 aromatic carbocycles. The third-order valence-electron chi connectivity index (χ3n) is 3.13. The first kappa shape index (κ1) is 20.0. The largest absolute Gasteiger partial charge is 0.492 e. The van der Waals surface area contributed by atoms with Gasteiger partial charge in [0, 0.05) is 13.1 Å². The van der Waals surface area contributed by atoms with Crippen molar-refractivity contribution in [3.8, 4) is 11.5 Å². The van der Waals surface area contributed by atoms with Gasteiger partial charge in [0.15, 0.2) is 0 Å². The van der Waals surface area contributed by atoms with Crippen LogP contribution in [0.2, 0.25) is 0 Å². The molecule has 0 fully saturated rings. The number of para-hydroxylation sites is 1. The number of hydrogen-bond acceptors (Lipinski definition) is 4. The van der Waals surface area contributed by atoms with Crippen LogP contribution in [0.3, 0.4) is 0 Å². The van der Waals surface area contributed by atoms with Gasteiger partial charge in [-0.2, -0.15) is 0 Å². The minimum atomic E-state index is -0.542. The zero-order valence-electron chi connectivity index (χ0n) is 14.9. The van der Waals surface area contributed by atoms with Gasteiger partial charge in [0.2, 0.25) is 0 Å². The zero-order valence-corrected chi connectivity index (χ0v) is 14.9. The van der Waals surface area contributed by atoms with Crippen molar-refractivity contribution in [3.05, 3.63) is 60.2 Å². The highest BCUT2D eigenvalue weighted by Crippen LogP contribution is 2.11. The predicted molar refractivity (Wildman–Crippen MR) is 98.8 cm³/mol. The lowest BCUT2D eigenvalue weighted by molar-refractivity contribution is 0.105. The summed E-state index contributed by atoms with van der Waals surface area (Å²) in [6.07, 6.45) is -0.542. The fourth-order valence-electron chi connectivity index (χ4n) is 1.91. The minimum absolute atomic E-state index is 0.274.